The van der Waals surface area contributed by atoms with E-state index in [9.17, 15) is 13.2 Å². The van der Waals surface area contributed by atoms with Crippen LogP contribution in [0.5, 0.6) is 5.75 Å². The second kappa shape index (κ2) is 10.8. The number of hydrogen-bond acceptors (Lipinski definition) is 7. The van der Waals surface area contributed by atoms with Gasteiger partial charge in [0.1, 0.15) is 11.3 Å². The van der Waals surface area contributed by atoms with E-state index in [1.807, 2.05) is 38.1 Å². The smallest absolute Gasteiger partial charge is 0.260 e. The monoisotopic (exact) mass is 530 g/mol. The number of sulfonamides is 1. The minimum atomic E-state index is -3.58. The van der Waals surface area contributed by atoms with Gasteiger partial charge in [0.2, 0.25) is 10.0 Å². The number of fused-ring (bicyclic) bond motifs is 1. The van der Waals surface area contributed by atoms with E-state index in [2.05, 4.69) is 6.92 Å². The average molecular weight is 531 g/mol. The third kappa shape index (κ3) is 5.41. The fourth-order valence-corrected chi connectivity index (χ4v) is 7.08. The second-order valence-electron chi connectivity index (χ2n) is 9.65. The fourth-order valence-electron chi connectivity index (χ4n) is 4.40. The van der Waals surface area contributed by atoms with Crippen molar-refractivity contribution in [2.45, 2.75) is 31.6 Å². The van der Waals surface area contributed by atoms with Gasteiger partial charge in [-0.15, -0.1) is 0 Å². The maximum atomic E-state index is 13.7. The Morgan fingerprint density at radius 2 is 1.89 bits per heavy atom. The molecule has 0 spiro atoms. The van der Waals surface area contributed by atoms with Crippen molar-refractivity contribution in [2.24, 2.45) is 5.92 Å². The minimum absolute atomic E-state index is 0.216. The van der Waals surface area contributed by atoms with Crippen LogP contribution in [0.1, 0.15) is 35.7 Å². The number of ether oxygens (including phenoxy) is 1. The van der Waals surface area contributed by atoms with Gasteiger partial charge in [0.25, 0.3) is 5.91 Å². The van der Waals surface area contributed by atoms with Crippen LogP contribution < -0.4 is 9.64 Å². The van der Waals surface area contributed by atoms with Gasteiger partial charge in [0, 0.05) is 31.7 Å². The molecular weight excluding hydrogens is 496 g/mol. The van der Waals surface area contributed by atoms with Crippen molar-refractivity contribution in [2.75, 3.05) is 52.3 Å². The highest BCUT2D eigenvalue weighted by molar-refractivity contribution is 7.89. The molecule has 1 amide bonds. The predicted molar refractivity (Wildman–Crippen MR) is 145 cm³/mol. The van der Waals surface area contributed by atoms with Crippen LogP contribution in [0.25, 0.3) is 10.2 Å². The number of aromatic nitrogens is 1. The van der Waals surface area contributed by atoms with E-state index < -0.39 is 10.0 Å². The number of aryl methyl sites for hydroxylation is 1. The number of benzene rings is 2. The molecule has 8 nitrogen and oxygen atoms in total. The Hall–Kier alpha value is -2.53. The number of rotatable bonds is 8. The molecule has 0 saturated carbocycles. The van der Waals surface area contributed by atoms with Gasteiger partial charge < -0.3 is 9.64 Å². The molecule has 0 aliphatic carbocycles. The first-order chi connectivity index (χ1) is 17.1. The molecule has 1 aromatic heterocycles. The van der Waals surface area contributed by atoms with Crippen LogP contribution in [-0.4, -0.2) is 75.9 Å². The Morgan fingerprint density at radius 3 is 2.53 bits per heavy atom. The normalized spacial score (nSPS) is 17.0. The van der Waals surface area contributed by atoms with Gasteiger partial charge in [-0.05, 0) is 75.7 Å². The minimum Gasteiger partial charge on any atom is -0.494 e. The van der Waals surface area contributed by atoms with Crippen LogP contribution in [0.4, 0.5) is 5.13 Å². The first-order valence-corrected chi connectivity index (χ1v) is 14.4. The Morgan fingerprint density at radius 1 is 1.17 bits per heavy atom. The molecule has 0 bridgehead atoms. The van der Waals surface area contributed by atoms with Crippen molar-refractivity contribution in [3.05, 3.63) is 47.5 Å². The van der Waals surface area contributed by atoms with E-state index in [1.165, 1.54) is 23.5 Å². The van der Waals surface area contributed by atoms with Gasteiger partial charge >= 0.3 is 0 Å². The molecule has 0 unspecified atom stereocenters. The lowest BCUT2D eigenvalue weighted by Crippen LogP contribution is -2.39. The molecule has 1 aliphatic heterocycles. The van der Waals surface area contributed by atoms with Gasteiger partial charge in [-0.2, -0.15) is 4.31 Å². The van der Waals surface area contributed by atoms with Crippen LogP contribution in [0.3, 0.4) is 0 Å². The summed E-state index contributed by atoms with van der Waals surface area (Å²) in [4.78, 5) is 22.3. The summed E-state index contributed by atoms with van der Waals surface area (Å²) in [5.74, 6) is 0.790. The summed E-state index contributed by atoms with van der Waals surface area (Å²) in [6.07, 6.45) is 1.91. The second-order valence-corrected chi connectivity index (χ2v) is 12.6. The fraction of sp³-hybridized carbons (Fsp3) is 0.462. The number of methoxy groups -OCH3 is 1. The maximum absolute atomic E-state index is 13.7. The van der Waals surface area contributed by atoms with Crippen LogP contribution in [0, 0.1) is 12.8 Å². The quantitative estimate of drug-likeness (QED) is 0.433. The lowest BCUT2D eigenvalue weighted by atomic mass is 10.0. The molecule has 1 fully saturated rings. The summed E-state index contributed by atoms with van der Waals surface area (Å²) >= 11 is 1.46. The Kier molecular flexibility index (Phi) is 7.99. The molecule has 4 rings (SSSR count). The van der Waals surface area contributed by atoms with Crippen LogP contribution in [-0.2, 0) is 10.0 Å². The average Bonchev–Trinajstić information content (AvgIpc) is 3.30. The van der Waals surface area contributed by atoms with Crippen molar-refractivity contribution in [1.82, 2.24) is 14.2 Å². The van der Waals surface area contributed by atoms with Crippen LogP contribution in [0.15, 0.2) is 41.3 Å². The van der Waals surface area contributed by atoms with Crippen molar-refractivity contribution in [1.29, 1.82) is 0 Å². The third-order valence-corrected chi connectivity index (χ3v) is 9.61. The van der Waals surface area contributed by atoms with Crippen LogP contribution in [0.2, 0.25) is 0 Å². The number of likely N-dealkylation sites (N-methyl/N-ethyl adjacent to an activating group) is 1. The first-order valence-electron chi connectivity index (χ1n) is 12.1. The molecule has 2 aromatic carbocycles. The molecule has 3 aromatic rings. The topological polar surface area (TPSA) is 83.0 Å². The molecule has 0 radical (unpaired) electrons. The number of nitrogens with zero attached hydrogens (tertiary/aromatic N) is 4. The van der Waals surface area contributed by atoms with Gasteiger partial charge in [0.05, 0.1) is 16.7 Å². The Labute approximate surface area is 217 Å². The number of amides is 1. The molecule has 1 aliphatic rings. The number of carbonyl (C=O) groups is 1. The van der Waals surface area contributed by atoms with E-state index >= 15 is 0 Å². The summed E-state index contributed by atoms with van der Waals surface area (Å²) in [7, 11) is 1.93. The molecule has 2 heterocycles. The number of carbonyl (C=O) groups excluding carboxylic acids is 1. The van der Waals surface area contributed by atoms with Gasteiger partial charge in [-0.1, -0.05) is 24.3 Å². The van der Waals surface area contributed by atoms with E-state index in [4.69, 9.17) is 9.72 Å². The number of piperidine rings is 1. The van der Waals surface area contributed by atoms with Crippen molar-refractivity contribution in [3.8, 4) is 5.75 Å². The zero-order chi connectivity index (χ0) is 26.0. The Bertz CT molecular complexity index is 1340. The highest BCUT2D eigenvalue weighted by atomic mass is 32.2. The summed E-state index contributed by atoms with van der Waals surface area (Å²) in [5.41, 5.74) is 2.22. The highest BCUT2D eigenvalue weighted by Gasteiger charge is 2.29. The van der Waals surface area contributed by atoms with E-state index in [0.29, 0.717) is 48.5 Å². The molecular formula is C26H34N4O4S2. The van der Waals surface area contributed by atoms with E-state index in [0.717, 1.165) is 28.6 Å². The van der Waals surface area contributed by atoms with Gasteiger partial charge in [0.15, 0.2) is 5.13 Å². The molecule has 36 heavy (non-hydrogen) atoms. The number of thiazole rings is 1. The number of hydrogen-bond donors (Lipinski definition) is 0. The standard InChI is InChI=1S/C26H34N4O4S2/c1-18-7-6-14-29(17-18)36(32,33)21-11-9-20(10-12-21)25(31)30(16-15-28(3)4)26-27-23-22(34-5)13-8-19(2)24(23)35-26/h8-13,18H,6-7,14-17H2,1-5H3/t18-/m1/s1. The zero-order valence-electron chi connectivity index (χ0n) is 21.5. The van der Waals surface area contributed by atoms with Crippen LogP contribution >= 0.6 is 11.3 Å². The maximum Gasteiger partial charge on any atom is 0.260 e. The third-order valence-electron chi connectivity index (χ3n) is 6.52. The largest absolute Gasteiger partial charge is 0.494 e. The SMILES string of the molecule is COc1ccc(C)c2sc(N(CCN(C)C)C(=O)c3ccc(S(=O)(=O)N4CCC[C@@H](C)C4)cc3)nc12. The van der Waals surface area contributed by atoms with Crippen molar-refractivity contribution in [3.63, 3.8) is 0 Å². The summed E-state index contributed by atoms with van der Waals surface area (Å²) in [5, 5.41) is 0.587. The van der Waals surface area contributed by atoms with E-state index in [1.54, 1.807) is 28.4 Å². The molecule has 1 atom stereocenters. The predicted octanol–water partition coefficient (Wildman–Crippen LogP) is 4.24. The van der Waals surface area contributed by atoms with Gasteiger partial charge in [-0.3, -0.25) is 9.69 Å². The van der Waals surface area contributed by atoms with Crippen molar-refractivity contribution >= 4 is 42.6 Å². The lowest BCUT2D eigenvalue weighted by Gasteiger charge is -2.30. The first kappa shape index (κ1) is 26.5. The Balaban J connectivity index is 1.65. The molecule has 0 N–H and O–H groups in total. The summed E-state index contributed by atoms with van der Waals surface area (Å²) < 4.78 is 34.3. The number of anilines is 1. The highest BCUT2D eigenvalue weighted by Crippen LogP contribution is 2.37. The van der Waals surface area contributed by atoms with E-state index in [-0.39, 0.29) is 10.8 Å². The van der Waals surface area contributed by atoms with Crippen molar-refractivity contribution < 1.29 is 17.9 Å². The lowest BCUT2D eigenvalue weighted by molar-refractivity contribution is 0.0985. The molecule has 10 heteroatoms. The molecule has 194 valence electrons. The zero-order valence-corrected chi connectivity index (χ0v) is 23.2. The summed E-state index contributed by atoms with van der Waals surface area (Å²) in [6.45, 7) is 6.24. The summed E-state index contributed by atoms with van der Waals surface area (Å²) in [6, 6.07) is 10.1. The molecule has 1 saturated heterocycles. The van der Waals surface area contributed by atoms with Gasteiger partial charge in [-0.25, -0.2) is 13.4 Å².